The fraction of sp³-hybridized carbons (Fsp3) is 1.00. The Morgan fingerprint density at radius 2 is 1.17 bits per heavy atom. The molecule has 2 heterocycles. The van der Waals surface area contributed by atoms with Crippen molar-refractivity contribution < 1.29 is 0 Å². The first-order chi connectivity index (χ1) is 11.0. The van der Waals surface area contributed by atoms with Gasteiger partial charge in [0.15, 0.2) is 0 Å². The van der Waals surface area contributed by atoms with E-state index in [4.69, 9.17) is 0 Å². The van der Waals surface area contributed by atoms with Crippen molar-refractivity contribution in [2.75, 3.05) is 58.9 Å². The zero-order valence-corrected chi connectivity index (χ0v) is 16.3. The maximum atomic E-state index is 2.70. The third kappa shape index (κ3) is 7.53. The minimum atomic E-state index is 0.808. The van der Waals surface area contributed by atoms with E-state index in [1.807, 2.05) is 0 Å². The monoisotopic (exact) mass is 323 g/mol. The third-order valence-corrected chi connectivity index (χ3v) is 5.51. The maximum absolute atomic E-state index is 2.70. The second-order valence-electron chi connectivity index (χ2n) is 8.82. The molecule has 136 valence electrons. The molecule has 0 N–H and O–H groups in total. The second-order valence-corrected chi connectivity index (χ2v) is 8.82. The van der Waals surface area contributed by atoms with Gasteiger partial charge in [-0.05, 0) is 63.1 Å². The summed E-state index contributed by atoms with van der Waals surface area (Å²) in [5.74, 6) is 2.63. The van der Waals surface area contributed by atoms with Crippen LogP contribution in [0.25, 0.3) is 0 Å². The molecule has 0 radical (unpaired) electrons. The molecule has 3 heteroatoms. The van der Waals surface area contributed by atoms with Crippen LogP contribution in [0.5, 0.6) is 0 Å². The molecule has 2 aliphatic rings. The average Bonchev–Trinajstić information content (AvgIpc) is 2.50. The van der Waals surface area contributed by atoms with E-state index >= 15 is 0 Å². The van der Waals surface area contributed by atoms with Gasteiger partial charge in [-0.15, -0.1) is 0 Å². The molecule has 0 amide bonds. The van der Waals surface area contributed by atoms with Gasteiger partial charge >= 0.3 is 0 Å². The van der Waals surface area contributed by atoms with Crippen LogP contribution in [0, 0.1) is 17.8 Å². The predicted molar refractivity (Wildman–Crippen MR) is 101 cm³/mol. The van der Waals surface area contributed by atoms with Gasteiger partial charge in [0.1, 0.15) is 0 Å². The van der Waals surface area contributed by atoms with E-state index in [-0.39, 0.29) is 0 Å². The Kier molecular flexibility index (Phi) is 8.35. The van der Waals surface area contributed by atoms with E-state index in [0.29, 0.717) is 0 Å². The van der Waals surface area contributed by atoms with E-state index in [0.717, 1.165) is 17.8 Å². The van der Waals surface area contributed by atoms with Gasteiger partial charge in [0.05, 0.1) is 0 Å². The van der Waals surface area contributed by atoms with Crippen LogP contribution in [0.3, 0.4) is 0 Å². The molecule has 0 aromatic rings. The molecule has 2 saturated heterocycles. The summed E-state index contributed by atoms with van der Waals surface area (Å²) in [5.41, 5.74) is 0. The van der Waals surface area contributed by atoms with Crippen molar-refractivity contribution in [2.24, 2.45) is 17.8 Å². The van der Waals surface area contributed by atoms with Crippen molar-refractivity contribution in [2.45, 2.75) is 53.4 Å². The highest BCUT2D eigenvalue weighted by atomic mass is 15.3. The van der Waals surface area contributed by atoms with Crippen LogP contribution in [0.4, 0.5) is 0 Å². The predicted octanol–water partition coefficient (Wildman–Crippen LogP) is 3.41. The highest BCUT2D eigenvalue weighted by Crippen LogP contribution is 2.22. The standard InChI is InChI=1S/C20H41N3/c1-18(2)16-22-10-7-20(8-11-22)6-5-9-21-12-14-23(15-13-21)17-19(3)4/h18-20H,5-17H2,1-4H3. The summed E-state index contributed by atoms with van der Waals surface area (Å²) in [5, 5.41) is 0. The van der Waals surface area contributed by atoms with Crippen LogP contribution in [0.1, 0.15) is 53.4 Å². The van der Waals surface area contributed by atoms with Gasteiger partial charge in [0.2, 0.25) is 0 Å². The Hall–Kier alpha value is -0.120. The topological polar surface area (TPSA) is 9.72 Å². The van der Waals surface area contributed by atoms with Crippen molar-refractivity contribution >= 4 is 0 Å². The van der Waals surface area contributed by atoms with E-state index in [2.05, 4.69) is 42.4 Å². The number of piperidine rings is 1. The number of rotatable bonds is 8. The highest BCUT2D eigenvalue weighted by Gasteiger charge is 2.21. The molecule has 2 fully saturated rings. The Morgan fingerprint density at radius 1 is 0.696 bits per heavy atom. The number of hydrogen-bond acceptors (Lipinski definition) is 3. The molecule has 0 aromatic carbocycles. The van der Waals surface area contributed by atoms with Gasteiger partial charge < -0.3 is 14.7 Å². The number of piperazine rings is 1. The van der Waals surface area contributed by atoms with Gasteiger partial charge in [-0.2, -0.15) is 0 Å². The quantitative estimate of drug-likeness (QED) is 0.678. The van der Waals surface area contributed by atoms with Gasteiger partial charge in [0, 0.05) is 39.3 Å². The van der Waals surface area contributed by atoms with E-state index < -0.39 is 0 Å². The Labute approximate surface area is 145 Å². The smallest absolute Gasteiger partial charge is 0.0110 e. The van der Waals surface area contributed by atoms with E-state index in [1.165, 1.54) is 84.6 Å². The molecule has 0 spiro atoms. The molecule has 0 atom stereocenters. The molecule has 0 bridgehead atoms. The minimum Gasteiger partial charge on any atom is -0.303 e. The summed E-state index contributed by atoms with van der Waals surface area (Å²) >= 11 is 0. The molecule has 2 rings (SSSR count). The zero-order valence-electron chi connectivity index (χ0n) is 16.3. The summed E-state index contributed by atoms with van der Waals surface area (Å²) in [7, 11) is 0. The Balaban J connectivity index is 1.52. The summed E-state index contributed by atoms with van der Waals surface area (Å²) in [4.78, 5) is 8.02. The van der Waals surface area contributed by atoms with Crippen molar-refractivity contribution in [1.29, 1.82) is 0 Å². The van der Waals surface area contributed by atoms with Crippen molar-refractivity contribution in [3.8, 4) is 0 Å². The first-order valence-electron chi connectivity index (χ1n) is 10.2. The van der Waals surface area contributed by atoms with Crippen molar-refractivity contribution in [3.05, 3.63) is 0 Å². The highest BCUT2D eigenvalue weighted by molar-refractivity contribution is 4.75. The van der Waals surface area contributed by atoms with Gasteiger partial charge in [-0.1, -0.05) is 27.7 Å². The van der Waals surface area contributed by atoms with E-state index in [9.17, 15) is 0 Å². The molecule has 0 unspecified atom stereocenters. The normalized spacial score (nSPS) is 23.2. The average molecular weight is 324 g/mol. The molecule has 3 nitrogen and oxygen atoms in total. The van der Waals surface area contributed by atoms with Gasteiger partial charge in [-0.3, -0.25) is 0 Å². The third-order valence-electron chi connectivity index (χ3n) is 5.51. The van der Waals surface area contributed by atoms with Crippen LogP contribution < -0.4 is 0 Å². The molecular formula is C20H41N3. The van der Waals surface area contributed by atoms with Gasteiger partial charge in [-0.25, -0.2) is 0 Å². The molecule has 0 aromatic heterocycles. The molecule has 23 heavy (non-hydrogen) atoms. The van der Waals surface area contributed by atoms with Crippen LogP contribution in [0.2, 0.25) is 0 Å². The summed E-state index contributed by atoms with van der Waals surface area (Å²) < 4.78 is 0. The van der Waals surface area contributed by atoms with Crippen LogP contribution in [-0.4, -0.2) is 73.6 Å². The Bertz CT molecular complexity index is 270. The number of likely N-dealkylation sites (tertiary alicyclic amines) is 1. The lowest BCUT2D eigenvalue weighted by Crippen LogP contribution is -2.47. The fourth-order valence-corrected chi connectivity index (χ4v) is 4.29. The minimum absolute atomic E-state index is 0.808. The van der Waals surface area contributed by atoms with Crippen molar-refractivity contribution in [1.82, 2.24) is 14.7 Å². The second kappa shape index (κ2) is 10.0. The van der Waals surface area contributed by atoms with Gasteiger partial charge in [0.25, 0.3) is 0 Å². The van der Waals surface area contributed by atoms with Crippen molar-refractivity contribution in [3.63, 3.8) is 0 Å². The fourth-order valence-electron chi connectivity index (χ4n) is 4.29. The number of hydrogen-bond donors (Lipinski definition) is 0. The molecule has 2 aliphatic heterocycles. The Morgan fingerprint density at radius 3 is 1.70 bits per heavy atom. The lowest BCUT2D eigenvalue weighted by Gasteiger charge is -2.36. The van der Waals surface area contributed by atoms with Crippen LogP contribution in [-0.2, 0) is 0 Å². The number of nitrogens with zero attached hydrogens (tertiary/aromatic N) is 3. The maximum Gasteiger partial charge on any atom is 0.0110 e. The van der Waals surface area contributed by atoms with E-state index in [1.54, 1.807) is 0 Å². The first-order valence-corrected chi connectivity index (χ1v) is 10.2. The molecular weight excluding hydrogens is 282 g/mol. The summed E-state index contributed by atoms with van der Waals surface area (Å²) in [6, 6.07) is 0. The lowest BCUT2D eigenvalue weighted by atomic mass is 9.91. The van der Waals surface area contributed by atoms with Crippen LogP contribution in [0.15, 0.2) is 0 Å². The zero-order chi connectivity index (χ0) is 16.7. The first kappa shape index (κ1) is 19.2. The largest absolute Gasteiger partial charge is 0.303 e. The summed E-state index contributed by atoms with van der Waals surface area (Å²) in [6.07, 6.45) is 5.75. The summed E-state index contributed by atoms with van der Waals surface area (Å²) in [6.45, 7) is 21.1. The lowest BCUT2D eigenvalue weighted by molar-refractivity contribution is 0.116. The SMILES string of the molecule is CC(C)CN1CCC(CCCN2CCN(CC(C)C)CC2)CC1. The van der Waals surface area contributed by atoms with Crippen LogP contribution >= 0.6 is 0 Å². The molecule has 0 saturated carbocycles. The molecule has 0 aliphatic carbocycles.